The number of aromatic nitrogens is 5. The maximum Gasteiger partial charge on any atom is 0.274 e. The third-order valence-corrected chi connectivity index (χ3v) is 5.04. The highest BCUT2D eigenvalue weighted by Crippen LogP contribution is 2.13. The number of H-pyrrole nitrogens is 1. The Morgan fingerprint density at radius 1 is 1.14 bits per heavy atom. The molecule has 0 spiro atoms. The van der Waals surface area contributed by atoms with Crippen LogP contribution in [0.15, 0.2) is 47.5 Å². The number of amides is 1. The van der Waals surface area contributed by atoms with Crippen LogP contribution in [0, 0.1) is 6.92 Å². The quantitative estimate of drug-likeness (QED) is 0.688. The number of nitrogens with one attached hydrogen (secondary N) is 1. The molecule has 0 atom stereocenters. The summed E-state index contributed by atoms with van der Waals surface area (Å²) in [5, 5.41) is 11.3. The molecule has 4 rings (SSSR count). The SMILES string of the molecule is Cc1cc(C(=O)N2CCN(CCn3nc(-c4cccnc4)ccc3=O)CC2)n[nH]1. The van der Waals surface area contributed by atoms with E-state index in [4.69, 9.17) is 0 Å². The van der Waals surface area contributed by atoms with Crippen LogP contribution in [0.5, 0.6) is 0 Å². The Kier molecular flexibility index (Phi) is 5.48. The highest BCUT2D eigenvalue weighted by Gasteiger charge is 2.23. The molecule has 0 unspecified atom stereocenters. The number of hydrogen-bond donors (Lipinski definition) is 1. The average molecular weight is 393 g/mol. The van der Waals surface area contributed by atoms with Crippen molar-refractivity contribution >= 4 is 5.91 Å². The summed E-state index contributed by atoms with van der Waals surface area (Å²) in [4.78, 5) is 32.8. The zero-order valence-electron chi connectivity index (χ0n) is 16.3. The van der Waals surface area contributed by atoms with E-state index >= 15 is 0 Å². The molecule has 1 fully saturated rings. The third-order valence-electron chi connectivity index (χ3n) is 5.04. The molecule has 0 aliphatic carbocycles. The maximum atomic E-state index is 12.5. The number of rotatable bonds is 5. The van der Waals surface area contributed by atoms with Gasteiger partial charge in [-0.05, 0) is 31.2 Å². The van der Waals surface area contributed by atoms with Crippen molar-refractivity contribution in [3.05, 3.63) is 64.5 Å². The molecule has 0 radical (unpaired) electrons. The summed E-state index contributed by atoms with van der Waals surface area (Å²) in [7, 11) is 0. The summed E-state index contributed by atoms with van der Waals surface area (Å²) in [5.74, 6) is -0.0453. The van der Waals surface area contributed by atoms with Crippen LogP contribution in [0.1, 0.15) is 16.2 Å². The lowest BCUT2D eigenvalue weighted by Crippen LogP contribution is -2.49. The zero-order chi connectivity index (χ0) is 20.2. The second kappa shape index (κ2) is 8.36. The van der Waals surface area contributed by atoms with Gasteiger partial charge in [0, 0.05) is 62.4 Å². The Hall–Kier alpha value is -3.33. The Morgan fingerprint density at radius 2 is 1.97 bits per heavy atom. The van der Waals surface area contributed by atoms with E-state index in [-0.39, 0.29) is 11.5 Å². The van der Waals surface area contributed by atoms with E-state index in [9.17, 15) is 9.59 Å². The molecule has 0 bridgehead atoms. The molecule has 1 amide bonds. The molecule has 1 aliphatic heterocycles. The number of carbonyl (C=O) groups excluding carboxylic acids is 1. The molecule has 9 heteroatoms. The van der Waals surface area contributed by atoms with Crippen LogP contribution in [-0.4, -0.2) is 73.4 Å². The second-order valence-corrected chi connectivity index (χ2v) is 7.09. The fraction of sp³-hybridized carbons (Fsp3) is 0.350. The molecule has 9 nitrogen and oxygen atoms in total. The fourth-order valence-corrected chi connectivity index (χ4v) is 3.38. The van der Waals surface area contributed by atoms with Gasteiger partial charge in [0.2, 0.25) is 0 Å². The molecule has 150 valence electrons. The minimum absolute atomic E-state index is 0.0453. The second-order valence-electron chi connectivity index (χ2n) is 7.09. The highest BCUT2D eigenvalue weighted by molar-refractivity contribution is 5.92. The predicted octanol–water partition coefficient (Wildman–Crippen LogP) is 0.795. The number of piperazine rings is 1. The van der Waals surface area contributed by atoms with Crippen LogP contribution in [-0.2, 0) is 6.54 Å². The van der Waals surface area contributed by atoms with Gasteiger partial charge in [-0.3, -0.25) is 24.6 Å². The molecule has 0 aromatic carbocycles. The monoisotopic (exact) mass is 393 g/mol. The number of aryl methyl sites for hydroxylation is 1. The van der Waals surface area contributed by atoms with E-state index in [2.05, 4.69) is 25.2 Å². The minimum Gasteiger partial charge on any atom is -0.335 e. The van der Waals surface area contributed by atoms with Gasteiger partial charge >= 0.3 is 0 Å². The Labute approximate surface area is 168 Å². The summed E-state index contributed by atoms with van der Waals surface area (Å²) in [6, 6.07) is 8.79. The molecule has 29 heavy (non-hydrogen) atoms. The van der Waals surface area contributed by atoms with Crippen LogP contribution < -0.4 is 5.56 Å². The van der Waals surface area contributed by atoms with E-state index in [1.54, 1.807) is 24.5 Å². The standard InChI is InChI=1S/C20H23N7O2/c1-15-13-18(23-22-15)20(29)26-10-7-25(8-11-26)9-12-27-19(28)5-4-17(24-27)16-3-2-6-21-14-16/h2-6,13-14H,7-12H2,1H3,(H,22,23). The molecule has 1 saturated heterocycles. The largest absolute Gasteiger partial charge is 0.335 e. The summed E-state index contributed by atoms with van der Waals surface area (Å²) in [6.45, 7) is 5.87. The lowest BCUT2D eigenvalue weighted by Gasteiger charge is -2.34. The van der Waals surface area contributed by atoms with E-state index in [0.29, 0.717) is 31.9 Å². The first-order valence-corrected chi connectivity index (χ1v) is 9.62. The maximum absolute atomic E-state index is 12.5. The van der Waals surface area contributed by atoms with Crippen molar-refractivity contribution in [1.29, 1.82) is 0 Å². The van der Waals surface area contributed by atoms with Gasteiger partial charge in [0.25, 0.3) is 11.5 Å². The van der Waals surface area contributed by atoms with E-state index in [1.807, 2.05) is 24.0 Å². The van der Waals surface area contributed by atoms with Crippen LogP contribution in [0.4, 0.5) is 0 Å². The van der Waals surface area contributed by atoms with Gasteiger partial charge in [0.1, 0.15) is 5.69 Å². The number of hydrogen-bond acceptors (Lipinski definition) is 6. The van der Waals surface area contributed by atoms with Gasteiger partial charge in [-0.2, -0.15) is 10.2 Å². The number of carbonyl (C=O) groups is 1. The van der Waals surface area contributed by atoms with Crippen molar-refractivity contribution in [2.45, 2.75) is 13.5 Å². The van der Waals surface area contributed by atoms with Gasteiger partial charge in [0.05, 0.1) is 12.2 Å². The van der Waals surface area contributed by atoms with Crippen molar-refractivity contribution in [2.75, 3.05) is 32.7 Å². The van der Waals surface area contributed by atoms with Crippen molar-refractivity contribution in [1.82, 2.24) is 34.8 Å². The van der Waals surface area contributed by atoms with Crippen LogP contribution >= 0.6 is 0 Å². The summed E-state index contributed by atoms with van der Waals surface area (Å²) in [5.41, 5.74) is 2.81. The minimum atomic E-state index is -0.125. The van der Waals surface area contributed by atoms with Crippen LogP contribution in [0.3, 0.4) is 0 Å². The van der Waals surface area contributed by atoms with Crippen molar-refractivity contribution in [3.8, 4) is 11.3 Å². The average Bonchev–Trinajstić information content (AvgIpc) is 3.20. The Morgan fingerprint density at radius 3 is 2.66 bits per heavy atom. The predicted molar refractivity (Wildman–Crippen MR) is 107 cm³/mol. The van der Waals surface area contributed by atoms with Gasteiger partial charge in [-0.1, -0.05) is 0 Å². The first-order valence-electron chi connectivity index (χ1n) is 9.62. The first-order chi connectivity index (χ1) is 14.1. The van der Waals surface area contributed by atoms with Crippen LogP contribution in [0.2, 0.25) is 0 Å². The lowest BCUT2D eigenvalue weighted by molar-refractivity contribution is 0.0625. The number of nitrogens with zero attached hydrogens (tertiary/aromatic N) is 6. The fourth-order valence-electron chi connectivity index (χ4n) is 3.38. The molecular weight excluding hydrogens is 370 g/mol. The highest BCUT2D eigenvalue weighted by atomic mass is 16.2. The van der Waals surface area contributed by atoms with E-state index in [0.717, 1.165) is 30.0 Å². The lowest BCUT2D eigenvalue weighted by atomic mass is 10.2. The van der Waals surface area contributed by atoms with Crippen molar-refractivity contribution < 1.29 is 4.79 Å². The Bertz CT molecular complexity index is 1040. The molecule has 1 aliphatic rings. The third kappa shape index (κ3) is 4.40. The summed E-state index contributed by atoms with van der Waals surface area (Å²) < 4.78 is 1.49. The van der Waals surface area contributed by atoms with Crippen molar-refractivity contribution in [3.63, 3.8) is 0 Å². The molecule has 0 saturated carbocycles. The van der Waals surface area contributed by atoms with E-state index < -0.39 is 0 Å². The van der Waals surface area contributed by atoms with E-state index in [1.165, 1.54) is 10.7 Å². The summed E-state index contributed by atoms with van der Waals surface area (Å²) >= 11 is 0. The zero-order valence-corrected chi connectivity index (χ0v) is 16.3. The smallest absolute Gasteiger partial charge is 0.274 e. The normalized spacial score (nSPS) is 14.9. The van der Waals surface area contributed by atoms with Crippen molar-refractivity contribution in [2.24, 2.45) is 0 Å². The van der Waals surface area contributed by atoms with Gasteiger partial charge in [-0.15, -0.1) is 0 Å². The molecule has 3 aromatic rings. The van der Waals surface area contributed by atoms with Gasteiger partial charge in [0.15, 0.2) is 0 Å². The molecule has 3 aromatic heterocycles. The van der Waals surface area contributed by atoms with Gasteiger partial charge < -0.3 is 4.90 Å². The van der Waals surface area contributed by atoms with Gasteiger partial charge in [-0.25, -0.2) is 4.68 Å². The topological polar surface area (TPSA) is 100 Å². The first kappa shape index (κ1) is 19.0. The summed E-state index contributed by atoms with van der Waals surface area (Å²) in [6.07, 6.45) is 3.44. The molecule has 4 heterocycles. The molecule has 1 N–H and O–H groups in total. The Balaban J connectivity index is 1.34. The van der Waals surface area contributed by atoms with Crippen LogP contribution in [0.25, 0.3) is 11.3 Å². The number of aromatic amines is 1. The molecular formula is C20H23N7O2. The number of pyridine rings is 1.